The second kappa shape index (κ2) is 5.13. The topological polar surface area (TPSA) is 80.9 Å². The van der Waals surface area contributed by atoms with E-state index in [-0.39, 0.29) is 5.37 Å². The number of aromatic amines is 1. The van der Waals surface area contributed by atoms with Crippen LogP contribution in [0.2, 0.25) is 0 Å². The van der Waals surface area contributed by atoms with Crippen molar-refractivity contribution in [3.05, 3.63) is 32.9 Å². The molecule has 0 saturated carbocycles. The first-order valence-corrected chi connectivity index (χ1v) is 5.62. The van der Waals surface area contributed by atoms with Gasteiger partial charge in [0.15, 0.2) is 0 Å². The average Bonchev–Trinajstić information content (AvgIpc) is 2.20. The number of thioether (sulfide) groups is 1. The van der Waals surface area contributed by atoms with Gasteiger partial charge in [0.25, 0.3) is 5.56 Å². The highest BCUT2D eigenvalue weighted by Crippen LogP contribution is 2.20. The summed E-state index contributed by atoms with van der Waals surface area (Å²) in [5.41, 5.74) is 3.75. The van der Waals surface area contributed by atoms with Crippen molar-refractivity contribution in [1.82, 2.24) is 9.55 Å². The summed E-state index contributed by atoms with van der Waals surface area (Å²) in [6, 6.07) is 0. The molecule has 84 valence electrons. The quantitative estimate of drug-likeness (QED) is 0.760. The Morgan fingerprint density at radius 3 is 2.87 bits per heavy atom. The maximum Gasteiger partial charge on any atom is 0.329 e. The van der Waals surface area contributed by atoms with Crippen LogP contribution in [0.15, 0.2) is 15.8 Å². The number of rotatable bonds is 4. The molecule has 0 fully saturated rings. The van der Waals surface area contributed by atoms with Gasteiger partial charge in [-0.1, -0.05) is 0 Å². The minimum atomic E-state index is -0.996. The number of H-pyrrole nitrogens is 1. The highest BCUT2D eigenvalue weighted by atomic mass is 32.2. The number of halogens is 1. The average molecular weight is 233 g/mol. The second-order valence-corrected chi connectivity index (χ2v) is 3.93. The lowest BCUT2D eigenvalue weighted by Gasteiger charge is -2.15. The summed E-state index contributed by atoms with van der Waals surface area (Å²) in [7, 11) is 0. The largest absolute Gasteiger partial charge is 0.330 e. The first-order valence-electron chi connectivity index (χ1n) is 4.34. The molecule has 0 saturated heterocycles. The van der Waals surface area contributed by atoms with Crippen LogP contribution in [0, 0.1) is 5.82 Å². The first-order chi connectivity index (χ1) is 7.10. The molecule has 1 atom stereocenters. The normalized spacial score (nSPS) is 12.7. The van der Waals surface area contributed by atoms with Crippen LogP contribution < -0.4 is 17.0 Å². The van der Waals surface area contributed by atoms with E-state index < -0.39 is 17.1 Å². The van der Waals surface area contributed by atoms with Crippen LogP contribution in [0.4, 0.5) is 4.39 Å². The zero-order valence-corrected chi connectivity index (χ0v) is 9.01. The Labute approximate surface area is 89.5 Å². The summed E-state index contributed by atoms with van der Waals surface area (Å²) in [4.78, 5) is 24.0. The van der Waals surface area contributed by atoms with Gasteiger partial charge in [-0.05, 0) is 19.2 Å². The van der Waals surface area contributed by atoms with Crippen LogP contribution in [0.5, 0.6) is 0 Å². The lowest BCUT2D eigenvalue weighted by Crippen LogP contribution is -2.33. The van der Waals surface area contributed by atoms with Gasteiger partial charge in [0.2, 0.25) is 5.82 Å². The van der Waals surface area contributed by atoms with Crippen LogP contribution in [-0.2, 0) is 0 Å². The molecule has 0 aliphatic carbocycles. The van der Waals surface area contributed by atoms with E-state index in [9.17, 15) is 14.0 Å². The third-order valence-corrected chi connectivity index (χ3v) is 2.93. The van der Waals surface area contributed by atoms with Gasteiger partial charge in [-0.3, -0.25) is 14.3 Å². The Morgan fingerprint density at radius 1 is 1.67 bits per heavy atom. The van der Waals surface area contributed by atoms with Gasteiger partial charge in [0, 0.05) is 0 Å². The van der Waals surface area contributed by atoms with Crippen LogP contribution >= 0.6 is 11.8 Å². The highest BCUT2D eigenvalue weighted by Gasteiger charge is 2.12. The predicted octanol–water partition coefficient (Wildman–Crippen LogP) is -0.114. The van der Waals surface area contributed by atoms with E-state index in [0.717, 1.165) is 10.8 Å². The molecule has 7 heteroatoms. The zero-order chi connectivity index (χ0) is 11.4. The van der Waals surface area contributed by atoms with Crippen molar-refractivity contribution < 1.29 is 4.39 Å². The molecule has 3 N–H and O–H groups in total. The van der Waals surface area contributed by atoms with Crippen LogP contribution in [0.25, 0.3) is 0 Å². The molecule has 0 aliphatic rings. The van der Waals surface area contributed by atoms with E-state index >= 15 is 0 Å². The third-order valence-electron chi connectivity index (χ3n) is 1.92. The molecule has 0 aromatic carbocycles. The summed E-state index contributed by atoms with van der Waals surface area (Å²) in [6.07, 6.45) is 3.24. The molecule has 0 spiro atoms. The van der Waals surface area contributed by atoms with Gasteiger partial charge < -0.3 is 5.73 Å². The zero-order valence-electron chi connectivity index (χ0n) is 8.20. The number of hydrogen-bond acceptors (Lipinski definition) is 4. The van der Waals surface area contributed by atoms with E-state index in [4.69, 9.17) is 5.73 Å². The minimum Gasteiger partial charge on any atom is -0.330 e. The molecule has 15 heavy (non-hydrogen) atoms. The maximum atomic E-state index is 13.0. The minimum absolute atomic E-state index is 0.256. The van der Waals surface area contributed by atoms with Crippen molar-refractivity contribution in [2.45, 2.75) is 11.8 Å². The SMILES string of the molecule is CSC(CCN)n1cc(F)c(=O)[nH]c1=O. The molecule has 1 heterocycles. The van der Waals surface area contributed by atoms with Crippen LogP contribution in [-0.4, -0.2) is 22.4 Å². The van der Waals surface area contributed by atoms with Gasteiger partial charge in [0.05, 0.1) is 11.6 Å². The summed E-state index contributed by atoms with van der Waals surface area (Å²) < 4.78 is 14.1. The fourth-order valence-electron chi connectivity index (χ4n) is 1.19. The third kappa shape index (κ3) is 2.69. The Morgan fingerprint density at radius 2 is 2.33 bits per heavy atom. The van der Waals surface area contributed by atoms with E-state index in [0.29, 0.717) is 13.0 Å². The maximum absolute atomic E-state index is 13.0. The van der Waals surface area contributed by atoms with Gasteiger partial charge in [-0.2, -0.15) is 4.39 Å². The number of hydrogen-bond donors (Lipinski definition) is 2. The summed E-state index contributed by atoms with van der Waals surface area (Å²) in [6.45, 7) is 0.388. The van der Waals surface area contributed by atoms with Gasteiger partial charge in [0.1, 0.15) is 0 Å². The molecule has 0 aliphatic heterocycles. The lowest BCUT2D eigenvalue weighted by atomic mass is 10.4. The molecule has 0 radical (unpaired) electrons. The van der Waals surface area contributed by atoms with Gasteiger partial charge in [-0.25, -0.2) is 4.79 Å². The highest BCUT2D eigenvalue weighted by molar-refractivity contribution is 7.98. The summed E-state index contributed by atoms with van der Waals surface area (Å²) in [5.74, 6) is -0.967. The van der Waals surface area contributed by atoms with E-state index in [1.807, 2.05) is 4.98 Å². The smallest absolute Gasteiger partial charge is 0.329 e. The molecule has 0 bridgehead atoms. The monoisotopic (exact) mass is 233 g/mol. The Bertz CT molecular complexity index is 442. The van der Waals surface area contributed by atoms with E-state index in [2.05, 4.69) is 0 Å². The Kier molecular flexibility index (Phi) is 4.10. The Balaban J connectivity index is 3.18. The van der Waals surface area contributed by atoms with Gasteiger partial charge in [-0.15, -0.1) is 11.8 Å². The fourth-order valence-corrected chi connectivity index (χ4v) is 1.94. The predicted molar refractivity (Wildman–Crippen MR) is 57.5 cm³/mol. The molecule has 0 amide bonds. The summed E-state index contributed by atoms with van der Waals surface area (Å²) >= 11 is 1.37. The lowest BCUT2D eigenvalue weighted by molar-refractivity contribution is 0.533. The van der Waals surface area contributed by atoms with Crippen molar-refractivity contribution in [3.63, 3.8) is 0 Å². The van der Waals surface area contributed by atoms with Crippen molar-refractivity contribution in [3.8, 4) is 0 Å². The standard InChI is InChI=1S/C8H12FN3O2S/c1-15-6(2-3-10)12-4-5(9)7(13)11-8(12)14/h4,6H,2-3,10H2,1H3,(H,11,13,14). The van der Waals surface area contributed by atoms with Gasteiger partial charge >= 0.3 is 5.69 Å². The molecule has 1 unspecified atom stereocenters. The molecular formula is C8H12FN3O2S. The first kappa shape index (κ1) is 12.0. The van der Waals surface area contributed by atoms with Crippen molar-refractivity contribution >= 4 is 11.8 Å². The molecular weight excluding hydrogens is 221 g/mol. The molecule has 5 nitrogen and oxygen atoms in total. The second-order valence-electron chi connectivity index (χ2n) is 2.91. The van der Waals surface area contributed by atoms with Crippen molar-refractivity contribution in [2.75, 3.05) is 12.8 Å². The molecule has 1 rings (SSSR count). The van der Waals surface area contributed by atoms with Crippen LogP contribution in [0.1, 0.15) is 11.8 Å². The number of nitrogens with one attached hydrogen (secondary N) is 1. The molecule has 1 aromatic heterocycles. The fraction of sp³-hybridized carbons (Fsp3) is 0.500. The van der Waals surface area contributed by atoms with Crippen LogP contribution in [0.3, 0.4) is 0 Å². The van der Waals surface area contributed by atoms with Crippen molar-refractivity contribution in [2.24, 2.45) is 5.73 Å². The Hall–Kier alpha value is -1.08. The van der Waals surface area contributed by atoms with E-state index in [1.165, 1.54) is 11.8 Å². The number of nitrogens with zero attached hydrogens (tertiary/aromatic N) is 1. The number of nitrogens with two attached hydrogens (primary N) is 1. The summed E-state index contributed by atoms with van der Waals surface area (Å²) in [5, 5.41) is -0.256. The van der Waals surface area contributed by atoms with E-state index in [1.54, 1.807) is 6.26 Å². The van der Waals surface area contributed by atoms with Crippen molar-refractivity contribution in [1.29, 1.82) is 0 Å². The number of aromatic nitrogens is 2. The molecule has 1 aromatic rings.